The molecule has 5 heteroatoms. The second kappa shape index (κ2) is 4.84. The fraction of sp³-hybridized carbons (Fsp3) is 0.455. The average Bonchev–Trinajstić information content (AvgIpc) is 2.26. The minimum Gasteiger partial charge on any atom is -0.387 e. The van der Waals surface area contributed by atoms with Gasteiger partial charge in [-0.3, -0.25) is 0 Å². The molecule has 0 unspecified atom stereocenters. The summed E-state index contributed by atoms with van der Waals surface area (Å²) in [5.74, 6) is 0. The molecule has 0 bridgehead atoms. The van der Waals surface area contributed by atoms with E-state index in [0.29, 0.717) is 12.0 Å². The third-order valence-corrected chi connectivity index (χ3v) is 2.46. The molecule has 1 aromatic rings. The molecule has 0 amide bonds. The number of aliphatic hydroxyl groups is 1. The number of rotatable bonds is 3. The third-order valence-electron chi connectivity index (χ3n) is 2.46. The summed E-state index contributed by atoms with van der Waals surface area (Å²) >= 11 is 0. The fourth-order valence-electron chi connectivity index (χ4n) is 1.34. The lowest BCUT2D eigenvalue weighted by Gasteiger charge is -2.18. The first-order chi connectivity index (χ1) is 7.36. The molecular weight excluding hydrogens is 219 g/mol. The van der Waals surface area contributed by atoms with Crippen molar-refractivity contribution in [2.24, 2.45) is 5.73 Å². The Hall–Kier alpha value is -1.07. The van der Waals surface area contributed by atoms with Crippen molar-refractivity contribution in [3.05, 3.63) is 35.4 Å². The van der Waals surface area contributed by atoms with E-state index in [1.165, 1.54) is 12.1 Å². The van der Waals surface area contributed by atoms with Crippen molar-refractivity contribution in [1.29, 1.82) is 0 Å². The van der Waals surface area contributed by atoms with Crippen LogP contribution in [0.4, 0.5) is 13.2 Å². The predicted octanol–water partition coefficient (Wildman–Crippen LogP) is 2.48. The molecule has 0 radical (unpaired) electrons. The van der Waals surface area contributed by atoms with E-state index in [2.05, 4.69) is 0 Å². The summed E-state index contributed by atoms with van der Waals surface area (Å²) in [4.78, 5) is 0. The van der Waals surface area contributed by atoms with Crippen LogP contribution >= 0.6 is 0 Å². The standard InChI is InChI=1S/C11H14F3NO/c1-2-9(15)10(16)7-3-5-8(6-4-7)11(12,13)14/h3-6,9-10,16H,2,15H2,1H3/t9-,10+/m1/s1. The number of alkyl halides is 3. The molecule has 3 N–H and O–H groups in total. The van der Waals surface area contributed by atoms with Gasteiger partial charge in [-0.25, -0.2) is 0 Å². The van der Waals surface area contributed by atoms with Gasteiger partial charge < -0.3 is 10.8 Å². The lowest BCUT2D eigenvalue weighted by atomic mass is 10.00. The number of nitrogens with two attached hydrogens (primary N) is 1. The van der Waals surface area contributed by atoms with E-state index in [9.17, 15) is 18.3 Å². The quantitative estimate of drug-likeness (QED) is 0.842. The Morgan fingerprint density at radius 3 is 2.12 bits per heavy atom. The lowest BCUT2D eigenvalue weighted by molar-refractivity contribution is -0.137. The van der Waals surface area contributed by atoms with E-state index >= 15 is 0 Å². The summed E-state index contributed by atoms with van der Waals surface area (Å²) < 4.78 is 36.8. The van der Waals surface area contributed by atoms with Gasteiger partial charge in [0.05, 0.1) is 11.7 Å². The van der Waals surface area contributed by atoms with Crippen molar-refractivity contribution in [3.63, 3.8) is 0 Å². The van der Waals surface area contributed by atoms with Gasteiger partial charge >= 0.3 is 6.18 Å². The molecule has 0 saturated carbocycles. The summed E-state index contributed by atoms with van der Waals surface area (Å²) in [6.45, 7) is 1.80. The number of hydrogen-bond donors (Lipinski definition) is 2. The maximum absolute atomic E-state index is 12.3. The van der Waals surface area contributed by atoms with Crippen molar-refractivity contribution >= 4 is 0 Å². The van der Waals surface area contributed by atoms with Crippen molar-refractivity contribution in [2.75, 3.05) is 0 Å². The monoisotopic (exact) mass is 233 g/mol. The van der Waals surface area contributed by atoms with Crippen LogP contribution in [-0.2, 0) is 6.18 Å². The minimum atomic E-state index is -4.35. The summed E-state index contributed by atoms with van der Waals surface area (Å²) in [5.41, 5.74) is 5.28. The fourth-order valence-corrected chi connectivity index (χ4v) is 1.34. The van der Waals surface area contributed by atoms with Crippen LogP contribution in [0.3, 0.4) is 0 Å². The van der Waals surface area contributed by atoms with Crippen LogP contribution in [0.2, 0.25) is 0 Å². The van der Waals surface area contributed by atoms with Crippen LogP contribution in [0.25, 0.3) is 0 Å². The molecule has 0 fully saturated rings. The largest absolute Gasteiger partial charge is 0.416 e. The zero-order valence-electron chi connectivity index (χ0n) is 8.83. The highest BCUT2D eigenvalue weighted by atomic mass is 19.4. The molecule has 0 saturated heterocycles. The van der Waals surface area contributed by atoms with Gasteiger partial charge in [0, 0.05) is 6.04 Å². The second-order valence-electron chi connectivity index (χ2n) is 3.64. The van der Waals surface area contributed by atoms with Gasteiger partial charge in [-0.15, -0.1) is 0 Å². The van der Waals surface area contributed by atoms with Crippen LogP contribution in [0.1, 0.15) is 30.6 Å². The maximum Gasteiger partial charge on any atom is 0.416 e. The number of hydrogen-bond acceptors (Lipinski definition) is 2. The highest BCUT2D eigenvalue weighted by Gasteiger charge is 2.30. The zero-order chi connectivity index (χ0) is 12.3. The van der Waals surface area contributed by atoms with E-state index in [-0.39, 0.29) is 0 Å². The van der Waals surface area contributed by atoms with Crippen LogP contribution < -0.4 is 5.73 Å². The first-order valence-corrected chi connectivity index (χ1v) is 4.97. The minimum absolute atomic E-state index is 0.405. The SMILES string of the molecule is CC[C@@H](N)[C@@H](O)c1ccc(C(F)(F)F)cc1. The Kier molecular flexibility index (Phi) is 3.93. The maximum atomic E-state index is 12.3. The summed E-state index contributed by atoms with van der Waals surface area (Å²) in [6, 6.07) is 3.94. The van der Waals surface area contributed by atoms with Gasteiger partial charge in [0.25, 0.3) is 0 Å². The average molecular weight is 233 g/mol. The molecule has 1 aromatic carbocycles. The topological polar surface area (TPSA) is 46.2 Å². The Morgan fingerprint density at radius 1 is 1.25 bits per heavy atom. The smallest absolute Gasteiger partial charge is 0.387 e. The highest BCUT2D eigenvalue weighted by Crippen LogP contribution is 2.30. The Labute approximate surface area is 91.9 Å². The molecule has 2 atom stereocenters. The molecule has 1 rings (SSSR count). The molecule has 0 aromatic heterocycles. The molecule has 0 aliphatic heterocycles. The third kappa shape index (κ3) is 2.96. The van der Waals surface area contributed by atoms with Gasteiger partial charge in [-0.05, 0) is 24.1 Å². The van der Waals surface area contributed by atoms with Crippen LogP contribution in [0.15, 0.2) is 24.3 Å². The molecule has 16 heavy (non-hydrogen) atoms. The Bertz CT molecular complexity index is 334. The van der Waals surface area contributed by atoms with Gasteiger partial charge in [0.1, 0.15) is 0 Å². The molecule has 0 aliphatic carbocycles. The highest BCUT2D eigenvalue weighted by molar-refractivity contribution is 5.26. The van der Waals surface area contributed by atoms with Crippen molar-refractivity contribution < 1.29 is 18.3 Å². The van der Waals surface area contributed by atoms with Crippen LogP contribution in [0, 0.1) is 0 Å². The summed E-state index contributed by atoms with van der Waals surface area (Å²) in [6.07, 6.45) is -4.72. The first-order valence-electron chi connectivity index (χ1n) is 4.97. The number of benzene rings is 1. The van der Waals surface area contributed by atoms with Gasteiger partial charge in [0.2, 0.25) is 0 Å². The predicted molar refractivity (Wildman–Crippen MR) is 54.7 cm³/mol. The van der Waals surface area contributed by atoms with Crippen molar-refractivity contribution in [1.82, 2.24) is 0 Å². The van der Waals surface area contributed by atoms with Crippen molar-refractivity contribution in [3.8, 4) is 0 Å². The Balaban J connectivity index is 2.87. The normalized spacial score (nSPS) is 15.9. The number of halogens is 3. The van der Waals surface area contributed by atoms with Crippen LogP contribution in [-0.4, -0.2) is 11.1 Å². The van der Waals surface area contributed by atoms with E-state index in [1.54, 1.807) is 6.92 Å². The molecule has 2 nitrogen and oxygen atoms in total. The van der Waals surface area contributed by atoms with Gasteiger partial charge in [-0.2, -0.15) is 13.2 Å². The lowest BCUT2D eigenvalue weighted by Crippen LogP contribution is -2.27. The number of aliphatic hydroxyl groups excluding tert-OH is 1. The van der Waals surface area contributed by atoms with E-state index in [0.717, 1.165) is 12.1 Å². The van der Waals surface area contributed by atoms with E-state index < -0.39 is 23.9 Å². The molecule has 0 heterocycles. The first kappa shape index (κ1) is 13.0. The van der Waals surface area contributed by atoms with Gasteiger partial charge in [-0.1, -0.05) is 19.1 Å². The second-order valence-corrected chi connectivity index (χ2v) is 3.64. The van der Waals surface area contributed by atoms with E-state index in [4.69, 9.17) is 5.73 Å². The Morgan fingerprint density at radius 2 is 1.75 bits per heavy atom. The summed E-state index contributed by atoms with van der Waals surface area (Å²) in [7, 11) is 0. The molecule has 90 valence electrons. The van der Waals surface area contributed by atoms with Crippen molar-refractivity contribution in [2.45, 2.75) is 31.7 Å². The van der Waals surface area contributed by atoms with Gasteiger partial charge in [0.15, 0.2) is 0 Å². The molecule has 0 spiro atoms. The molecule has 0 aliphatic rings. The molecular formula is C11H14F3NO. The van der Waals surface area contributed by atoms with Crippen LogP contribution in [0.5, 0.6) is 0 Å². The van der Waals surface area contributed by atoms with E-state index in [1.807, 2.05) is 0 Å². The summed E-state index contributed by atoms with van der Waals surface area (Å²) in [5, 5.41) is 9.68. The zero-order valence-corrected chi connectivity index (χ0v) is 8.83.